The lowest BCUT2D eigenvalue weighted by Gasteiger charge is -2.25. The monoisotopic (exact) mass is 234 g/mol. The summed E-state index contributed by atoms with van der Waals surface area (Å²) >= 11 is 0. The average molecular weight is 234 g/mol. The van der Waals surface area contributed by atoms with Crippen LogP contribution in [0.2, 0.25) is 0 Å². The SMILES string of the molecule is CC1CC(c2nc(-c3cn[nH]n3)no2)CCN1. The molecule has 7 heteroatoms. The Kier molecular flexibility index (Phi) is 2.60. The fourth-order valence-corrected chi connectivity index (χ4v) is 2.17. The van der Waals surface area contributed by atoms with Crippen LogP contribution in [0.15, 0.2) is 10.7 Å². The molecule has 0 aliphatic carbocycles. The Bertz CT molecular complexity index is 479. The number of nitrogens with zero attached hydrogens (tertiary/aromatic N) is 4. The Morgan fingerprint density at radius 1 is 1.47 bits per heavy atom. The Balaban J connectivity index is 1.80. The summed E-state index contributed by atoms with van der Waals surface area (Å²) in [5, 5.41) is 17.5. The molecule has 1 aliphatic rings. The van der Waals surface area contributed by atoms with Gasteiger partial charge in [-0.15, -0.1) is 0 Å². The molecule has 1 aliphatic heterocycles. The fourth-order valence-electron chi connectivity index (χ4n) is 2.17. The van der Waals surface area contributed by atoms with Gasteiger partial charge in [0.1, 0.15) is 0 Å². The van der Waals surface area contributed by atoms with Gasteiger partial charge in [0.05, 0.1) is 6.20 Å². The van der Waals surface area contributed by atoms with Crippen molar-refractivity contribution >= 4 is 0 Å². The lowest BCUT2D eigenvalue weighted by molar-refractivity contribution is 0.295. The van der Waals surface area contributed by atoms with E-state index in [-0.39, 0.29) is 0 Å². The minimum Gasteiger partial charge on any atom is -0.339 e. The minimum atomic E-state index is 0.347. The van der Waals surface area contributed by atoms with Crippen LogP contribution in [0.5, 0.6) is 0 Å². The van der Waals surface area contributed by atoms with Crippen LogP contribution in [0.3, 0.4) is 0 Å². The zero-order valence-electron chi connectivity index (χ0n) is 9.55. The lowest BCUT2D eigenvalue weighted by atomic mass is 9.93. The molecule has 0 radical (unpaired) electrons. The molecule has 2 atom stereocenters. The van der Waals surface area contributed by atoms with Crippen LogP contribution in [0.1, 0.15) is 31.6 Å². The van der Waals surface area contributed by atoms with Gasteiger partial charge in [-0.1, -0.05) is 5.16 Å². The summed E-state index contributed by atoms with van der Waals surface area (Å²) in [6.45, 7) is 3.16. The van der Waals surface area contributed by atoms with E-state index in [2.05, 4.69) is 37.8 Å². The van der Waals surface area contributed by atoms with Gasteiger partial charge in [0.25, 0.3) is 0 Å². The largest absolute Gasteiger partial charge is 0.339 e. The third-order valence-electron chi connectivity index (χ3n) is 3.06. The van der Waals surface area contributed by atoms with E-state index >= 15 is 0 Å². The zero-order chi connectivity index (χ0) is 11.7. The van der Waals surface area contributed by atoms with Gasteiger partial charge >= 0.3 is 0 Å². The summed E-state index contributed by atoms with van der Waals surface area (Å²) in [4.78, 5) is 4.38. The first kappa shape index (κ1) is 10.4. The number of aromatic nitrogens is 5. The van der Waals surface area contributed by atoms with Gasteiger partial charge in [0, 0.05) is 12.0 Å². The maximum absolute atomic E-state index is 5.31. The van der Waals surface area contributed by atoms with Gasteiger partial charge < -0.3 is 9.84 Å². The summed E-state index contributed by atoms with van der Waals surface area (Å²) in [5.74, 6) is 1.55. The molecule has 90 valence electrons. The molecule has 0 spiro atoms. The summed E-state index contributed by atoms with van der Waals surface area (Å²) in [6.07, 6.45) is 3.64. The Labute approximate surface area is 98.0 Å². The van der Waals surface area contributed by atoms with Gasteiger partial charge in [-0.2, -0.15) is 20.4 Å². The molecule has 1 fully saturated rings. The number of piperidine rings is 1. The van der Waals surface area contributed by atoms with E-state index < -0.39 is 0 Å². The molecule has 2 unspecified atom stereocenters. The topological polar surface area (TPSA) is 92.5 Å². The number of rotatable bonds is 2. The van der Waals surface area contributed by atoms with Crippen LogP contribution in [-0.2, 0) is 0 Å². The molecule has 0 amide bonds. The first-order chi connectivity index (χ1) is 8.33. The first-order valence-corrected chi connectivity index (χ1v) is 5.76. The highest BCUT2D eigenvalue weighted by Gasteiger charge is 2.25. The maximum atomic E-state index is 5.31. The predicted molar refractivity (Wildman–Crippen MR) is 59.1 cm³/mol. The van der Waals surface area contributed by atoms with E-state index in [0.29, 0.717) is 29.4 Å². The van der Waals surface area contributed by atoms with Crippen molar-refractivity contribution < 1.29 is 4.52 Å². The highest BCUT2D eigenvalue weighted by molar-refractivity contribution is 5.44. The number of nitrogens with one attached hydrogen (secondary N) is 2. The molecular weight excluding hydrogens is 220 g/mol. The quantitative estimate of drug-likeness (QED) is 0.795. The van der Waals surface area contributed by atoms with Crippen LogP contribution in [0.4, 0.5) is 0 Å². The van der Waals surface area contributed by atoms with Crippen molar-refractivity contribution in [2.75, 3.05) is 6.54 Å². The molecule has 3 heterocycles. The van der Waals surface area contributed by atoms with Crippen molar-refractivity contribution in [2.45, 2.75) is 31.7 Å². The molecule has 2 aromatic rings. The van der Waals surface area contributed by atoms with Crippen molar-refractivity contribution in [1.29, 1.82) is 0 Å². The lowest BCUT2D eigenvalue weighted by Crippen LogP contribution is -2.34. The third-order valence-corrected chi connectivity index (χ3v) is 3.06. The molecule has 0 saturated carbocycles. The van der Waals surface area contributed by atoms with Gasteiger partial charge in [-0.3, -0.25) is 0 Å². The Morgan fingerprint density at radius 2 is 2.41 bits per heavy atom. The van der Waals surface area contributed by atoms with Gasteiger partial charge in [-0.05, 0) is 26.3 Å². The van der Waals surface area contributed by atoms with Gasteiger partial charge in [0.15, 0.2) is 5.69 Å². The summed E-state index contributed by atoms with van der Waals surface area (Å²) in [5.41, 5.74) is 0.613. The summed E-state index contributed by atoms with van der Waals surface area (Å²) < 4.78 is 5.31. The maximum Gasteiger partial charge on any atom is 0.230 e. The highest BCUT2D eigenvalue weighted by atomic mass is 16.5. The number of hydrogen-bond donors (Lipinski definition) is 2. The van der Waals surface area contributed by atoms with Gasteiger partial charge in [0.2, 0.25) is 11.7 Å². The zero-order valence-corrected chi connectivity index (χ0v) is 9.55. The molecular formula is C10H14N6O. The van der Waals surface area contributed by atoms with Gasteiger partial charge in [-0.25, -0.2) is 0 Å². The molecule has 0 aromatic carbocycles. The molecule has 3 rings (SSSR count). The molecule has 2 N–H and O–H groups in total. The predicted octanol–water partition coefficient (Wildman–Crippen LogP) is 0.710. The molecule has 7 nitrogen and oxygen atoms in total. The van der Waals surface area contributed by atoms with E-state index in [9.17, 15) is 0 Å². The normalized spacial score (nSPS) is 25.0. The minimum absolute atomic E-state index is 0.347. The summed E-state index contributed by atoms with van der Waals surface area (Å²) in [6, 6.07) is 0.496. The van der Waals surface area contributed by atoms with E-state index in [0.717, 1.165) is 19.4 Å². The second kappa shape index (κ2) is 4.25. The molecule has 0 bridgehead atoms. The van der Waals surface area contributed by atoms with E-state index in [1.165, 1.54) is 0 Å². The third kappa shape index (κ3) is 2.05. The average Bonchev–Trinajstić information content (AvgIpc) is 3.00. The van der Waals surface area contributed by atoms with Crippen LogP contribution in [-0.4, -0.2) is 38.1 Å². The van der Waals surface area contributed by atoms with E-state index in [1.807, 2.05) is 0 Å². The van der Waals surface area contributed by atoms with E-state index in [4.69, 9.17) is 4.52 Å². The Morgan fingerprint density at radius 3 is 3.18 bits per heavy atom. The van der Waals surface area contributed by atoms with Crippen LogP contribution in [0.25, 0.3) is 11.5 Å². The van der Waals surface area contributed by atoms with Crippen molar-refractivity contribution in [2.24, 2.45) is 0 Å². The second-order valence-corrected chi connectivity index (χ2v) is 4.39. The van der Waals surface area contributed by atoms with Crippen molar-refractivity contribution in [3.05, 3.63) is 12.1 Å². The Hall–Kier alpha value is -1.76. The van der Waals surface area contributed by atoms with Crippen LogP contribution in [0, 0.1) is 0 Å². The van der Waals surface area contributed by atoms with Crippen LogP contribution < -0.4 is 5.32 Å². The van der Waals surface area contributed by atoms with Crippen molar-refractivity contribution in [3.63, 3.8) is 0 Å². The highest BCUT2D eigenvalue weighted by Crippen LogP contribution is 2.27. The van der Waals surface area contributed by atoms with E-state index in [1.54, 1.807) is 6.20 Å². The fraction of sp³-hybridized carbons (Fsp3) is 0.600. The van der Waals surface area contributed by atoms with Crippen molar-refractivity contribution in [3.8, 4) is 11.5 Å². The number of hydrogen-bond acceptors (Lipinski definition) is 6. The number of H-pyrrole nitrogens is 1. The first-order valence-electron chi connectivity index (χ1n) is 5.76. The smallest absolute Gasteiger partial charge is 0.230 e. The molecule has 2 aromatic heterocycles. The standard InChI is InChI=1S/C10H14N6O/c1-6-4-7(2-3-11-6)10-13-9(15-17-10)8-5-12-16-14-8/h5-7,11H,2-4H2,1H3,(H,12,14,16). The second-order valence-electron chi connectivity index (χ2n) is 4.39. The summed E-state index contributed by atoms with van der Waals surface area (Å²) in [7, 11) is 0. The van der Waals surface area contributed by atoms with Crippen molar-refractivity contribution in [1.82, 2.24) is 30.9 Å². The number of aromatic amines is 1. The molecule has 1 saturated heterocycles. The molecule has 17 heavy (non-hydrogen) atoms. The van der Waals surface area contributed by atoms with Crippen LogP contribution >= 0.6 is 0 Å².